The number of urea groups is 1. The lowest BCUT2D eigenvalue weighted by Gasteiger charge is -2.40. The van der Waals surface area contributed by atoms with Gasteiger partial charge < -0.3 is 65.2 Å². The third kappa shape index (κ3) is 18.4. The first-order valence-corrected chi connectivity index (χ1v) is 36.6. The zero-order valence-corrected chi connectivity index (χ0v) is 58.8. The van der Waals surface area contributed by atoms with Crippen molar-refractivity contribution in [1.29, 1.82) is 0 Å². The Morgan fingerprint density at radius 1 is 0.740 bits per heavy atom. The van der Waals surface area contributed by atoms with Crippen LogP contribution in [0.5, 0.6) is 17.2 Å². The Balaban J connectivity index is 0.812. The summed E-state index contributed by atoms with van der Waals surface area (Å²) in [7, 11) is 4.86. The van der Waals surface area contributed by atoms with Gasteiger partial charge in [-0.05, 0) is 99.8 Å². The maximum Gasteiger partial charge on any atom is 0.416 e. The Labute approximate surface area is 590 Å². The molecule has 5 heterocycles. The number of primary amides is 1. The average Bonchev–Trinajstić information content (AvgIpc) is 1.58. The van der Waals surface area contributed by atoms with Crippen LogP contribution in [0.15, 0.2) is 85.0 Å². The SMILES string of the molecule is C=C1C[C@H]2C(O)N(C(=O)OCc3ccc(CC(=O)[C@H](CCCNC(N)=O)NC(=O)[C@@H](CC(=O)CCCCCN4C(=O)C=CC4=O)C(C)C)cc3)c3cc(OCCCCCOc4cc5c(cc4OC)C(=O)N4CC(=C)C[C@H]4C(O)N5C(=O)OCC4(SSCC)CCC4)c(CO)cc3C(=O)N2C1. The molecule has 5 aliphatic heterocycles. The van der Waals surface area contributed by atoms with Crippen molar-refractivity contribution in [2.75, 3.05) is 68.7 Å². The van der Waals surface area contributed by atoms with Crippen LogP contribution >= 0.6 is 21.6 Å². The van der Waals surface area contributed by atoms with Gasteiger partial charge in [0.25, 0.3) is 23.6 Å². The number of rotatable bonds is 35. The summed E-state index contributed by atoms with van der Waals surface area (Å²) in [6, 6.07) is 9.16. The number of nitrogens with zero attached hydrogens (tertiary/aromatic N) is 5. The van der Waals surface area contributed by atoms with E-state index in [1.54, 1.807) is 45.9 Å². The molecule has 1 saturated carbocycles. The quantitative estimate of drug-likeness (QED) is 0.0140. The Morgan fingerprint density at radius 2 is 1.32 bits per heavy atom. The van der Waals surface area contributed by atoms with Crippen LogP contribution in [-0.2, 0) is 53.1 Å². The van der Waals surface area contributed by atoms with Gasteiger partial charge in [-0.3, -0.25) is 38.5 Å². The molecule has 0 radical (unpaired) electrons. The van der Waals surface area contributed by atoms with Gasteiger partial charge >= 0.3 is 18.2 Å². The second kappa shape index (κ2) is 34.8. The van der Waals surface area contributed by atoms with Crippen molar-refractivity contribution < 1.29 is 86.9 Å². The number of ether oxygens (including phenoxy) is 5. The first kappa shape index (κ1) is 75.8. The molecule has 2 saturated heterocycles. The molecule has 1 aliphatic carbocycles. The Morgan fingerprint density at radius 3 is 1.89 bits per heavy atom. The highest BCUT2D eigenvalue weighted by Gasteiger charge is 2.49. The van der Waals surface area contributed by atoms with Crippen LogP contribution in [0.4, 0.5) is 25.8 Å². The molecule has 0 aromatic heterocycles. The summed E-state index contributed by atoms with van der Waals surface area (Å²) >= 11 is 0. The first-order chi connectivity index (χ1) is 47.9. The molecule has 9 rings (SSSR count). The molecule has 3 aromatic carbocycles. The van der Waals surface area contributed by atoms with Gasteiger partial charge in [-0.15, -0.1) is 0 Å². The van der Waals surface area contributed by atoms with Gasteiger partial charge in [0.15, 0.2) is 29.7 Å². The number of imide groups is 1. The second-order valence-electron chi connectivity index (χ2n) is 26.5. The zero-order valence-electron chi connectivity index (χ0n) is 57.2. The number of fused-ring (bicyclic) bond motifs is 4. The van der Waals surface area contributed by atoms with Gasteiger partial charge in [-0.25, -0.2) is 24.2 Å². The number of aliphatic hydroxyl groups excluding tert-OH is 3. The Bertz CT molecular complexity index is 3600. The highest BCUT2D eigenvalue weighted by Crippen LogP contribution is 2.50. The minimum Gasteiger partial charge on any atom is -0.493 e. The fourth-order valence-corrected chi connectivity index (χ4v) is 15.9. The predicted octanol–water partition coefficient (Wildman–Crippen LogP) is 8.19. The molecular formula is C72H92N8O18S2. The van der Waals surface area contributed by atoms with E-state index in [2.05, 4.69) is 30.7 Å². The van der Waals surface area contributed by atoms with Crippen LogP contribution in [0.1, 0.15) is 154 Å². The largest absolute Gasteiger partial charge is 0.493 e. The van der Waals surface area contributed by atoms with E-state index in [0.29, 0.717) is 68.1 Å². The number of unbranched alkanes of at least 4 members (excludes halogenated alkanes) is 4. The summed E-state index contributed by atoms with van der Waals surface area (Å²) in [5, 5.41) is 40.0. The molecule has 0 spiro atoms. The molecule has 540 valence electrons. The number of hydrogen-bond acceptors (Lipinski definition) is 20. The number of aliphatic hydroxyl groups is 3. The standard InChI is InChI=1S/C72H92N8O18S2/c1-7-99-100-72(24-15-25-72)42-98-71(93)80-55-37-61(60(94-6)35-52(55)66(88)78-39-45(5)31-57(78)68(80)90)96-29-13-9-12-28-95-59-36-54-51(33-48(59)40-81)65(87)77-38-44(4)30-56(77)67(89)79(54)70(92)97-41-47-20-18-46(19-21-47)32-58(83)53(17-14-26-74-69(73)91)75-64(86)50(43(2)3)34-49(82)16-10-8-11-27-76-62(84)22-23-63(76)85/h18-23,33,35-37,43,50,53,56-57,67-68,81,89-90H,4-5,7-17,24-32,34,38-42H2,1-3,6H3,(H,75,86)(H3,73,74,91)/t50-,53-,56-,57-,67?,68?/m0/s1. The van der Waals surface area contributed by atoms with Crippen LogP contribution in [-0.4, -0.2) is 184 Å². The van der Waals surface area contributed by atoms with Gasteiger partial charge in [0.2, 0.25) is 5.91 Å². The van der Waals surface area contributed by atoms with Crippen LogP contribution in [0.3, 0.4) is 0 Å². The Hall–Kier alpha value is -8.44. The van der Waals surface area contributed by atoms with Gasteiger partial charge in [-0.2, -0.15) is 0 Å². The van der Waals surface area contributed by atoms with E-state index in [1.165, 1.54) is 53.3 Å². The van der Waals surface area contributed by atoms with E-state index in [4.69, 9.17) is 29.4 Å². The number of carbonyl (C=O) groups is 10. The molecule has 9 amide bonds. The number of Topliss-reactive ketones (excluding diaryl/α,β-unsaturated/α-hetero) is 2. The molecular weight excluding hydrogens is 1330 g/mol. The van der Waals surface area contributed by atoms with Crippen molar-refractivity contribution in [1.82, 2.24) is 25.3 Å². The summed E-state index contributed by atoms with van der Waals surface area (Å²) in [4.78, 5) is 140. The fourth-order valence-electron chi connectivity index (χ4n) is 13.2. The van der Waals surface area contributed by atoms with Gasteiger partial charge in [0.05, 0.1) is 72.3 Å². The van der Waals surface area contributed by atoms with Gasteiger partial charge in [-0.1, -0.05) is 104 Å². The number of amides is 9. The van der Waals surface area contributed by atoms with Crippen molar-refractivity contribution >= 4 is 92.3 Å². The van der Waals surface area contributed by atoms with Crippen molar-refractivity contribution in [3.8, 4) is 17.2 Å². The normalized spacial score (nSPS) is 19.7. The highest BCUT2D eigenvalue weighted by atomic mass is 33.1. The molecule has 3 aromatic rings. The van der Waals surface area contributed by atoms with E-state index in [-0.39, 0.29) is 164 Å². The zero-order chi connectivity index (χ0) is 71.9. The molecule has 100 heavy (non-hydrogen) atoms. The lowest BCUT2D eigenvalue weighted by molar-refractivity contribution is -0.137. The van der Waals surface area contributed by atoms with Crippen molar-refractivity contribution in [3.63, 3.8) is 0 Å². The molecule has 6 aliphatic rings. The molecule has 7 N–H and O–H groups in total. The van der Waals surface area contributed by atoms with E-state index in [1.807, 2.05) is 13.8 Å². The van der Waals surface area contributed by atoms with Crippen LogP contribution in [0, 0.1) is 11.8 Å². The number of methoxy groups -OCH3 is 1. The molecule has 2 unspecified atom stereocenters. The van der Waals surface area contributed by atoms with E-state index in [0.717, 1.165) is 45.3 Å². The average molecular weight is 1420 g/mol. The number of hydrogen-bond donors (Lipinski definition) is 6. The minimum atomic E-state index is -1.60. The van der Waals surface area contributed by atoms with Crippen molar-refractivity contribution in [2.24, 2.45) is 17.6 Å². The number of carbonyl (C=O) groups excluding carboxylic acids is 10. The number of ketones is 2. The summed E-state index contributed by atoms with van der Waals surface area (Å²) in [5.41, 5.74) is 8.25. The van der Waals surface area contributed by atoms with Crippen LogP contribution in [0.2, 0.25) is 0 Å². The molecule has 0 bridgehead atoms. The minimum absolute atomic E-state index is 0.0119. The number of nitrogens with one attached hydrogen (secondary N) is 2. The maximum atomic E-state index is 14.4. The summed E-state index contributed by atoms with van der Waals surface area (Å²) in [5.74, 6) is -2.07. The van der Waals surface area contributed by atoms with Crippen molar-refractivity contribution in [3.05, 3.63) is 113 Å². The monoisotopic (exact) mass is 1420 g/mol. The third-order valence-corrected chi connectivity index (χ3v) is 22.3. The van der Waals surface area contributed by atoms with Crippen LogP contribution in [0.25, 0.3) is 0 Å². The second-order valence-corrected chi connectivity index (χ2v) is 29.6. The Kier molecular flexibility index (Phi) is 26.3. The maximum absolute atomic E-state index is 14.4. The number of anilines is 2. The summed E-state index contributed by atoms with van der Waals surface area (Å²) < 4.78 is 29.8. The summed E-state index contributed by atoms with van der Waals surface area (Å²) in [6.45, 7) is 14.1. The molecule has 3 fully saturated rings. The van der Waals surface area contributed by atoms with Gasteiger partial charge in [0.1, 0.15) is 24.7 Å². The fraction of sp³-hybridized carbons (Fsp3) is 0.528. The van der Waals surface area contributed by atoms with E-state index >= 15 is 0 Å². The topological polar surface area (TPSA) is 344 Å². The predicted molar refractivity (Wildman–Crippen MR) is 374 cm³/mol. The van der Waals surface area contributed by atoms with Crippen molar-refractivity contribution in [2.45, 2.75) is 172 Å². The van der Waals surface area contributed by atoms with E-state index < -0.39 is 79.0 Å². The third-order valence-electron chi connectivity index (χ3n) is 19.0. The smallest absolute Gasteiger partial charge is 0.416 e. The number of nitrogens with two attached hydrogens (primary N) is 1. The highest BCUT2D eigenvalue weighted by molar-refractivity contribution is 8.77. The molecule has 28 heteroatoms. The van der Waals surface area contributed by atoms with Crippen LogP contribution < -0.4 is 40.4 Å². The summed E-state index contributed by atoms with van der Waals surface area (Å²) in [6.07, 6.45) is 4.51. The molecule has 6 atom stereocenters. The number of benzene rings is 3. The molecule has 26 nitrogen and oxygen atoms in total. The van der Waals surface area contributed by atoms with E-state index in [9.17, 15) is 63.3 Å². The lowest BCUT2D eigenvalue weighted by atomic mass is 9.85. The first-order valence-electron chi connectivity index (χ1n) is 34.2. The lowest BCUT2D eigenvalue weighted by Crippen LogP contribution is -2.51. The van der Waals surface area contributed by atoms with Gasteiger partial charge in [0, 0.05) is 87.0 Å².